The van der Waals surface area contributed by atoms with E-state index in [0.717, 1.165) is 11.8 Å². The second-order valence-corrected chi connectivity index (χ2v) is 7.47. The molecule has 20 heavy (non-hydrogen) atoms. The van der Waals surface area contributed by atoms with Gasteiger partial charge in [0.15, 0.2) is 0 Å². The van der Waals surface area contributed by atoms with Gasteiger partial charge >= 0.3 is 0 Å². The summed E-state index contributed by atoms with van der Waals surface area (Å²) in [5, 5.41) is 0. The van der Waals surface area contributed by atoms with Gasteiger partial charge in [0.25, 0.3) is 0 Å². The monoisotopic (exact) mass is 271 g/mol. The normalized spacial score (nSPS) is 26.4. The van der Waals surface area contributed by atoms with Gasteiger partial charge in [0.2, 0.25) is 0 Å². The molecule has 2 aliphatic heterocycles. The van der Waals surface area contributed by atoms with Gasteiger partial charge < -0.3 is 0 Å². The Hall–Kier alpha value is -0.820. The van der Waals surface area contributed by atoms with E-state index in [1.807, 2.05) is 0 Å². The second kappa shape index (κ2) is 5.52. The predicted octanol–water partition coefficient (Wildman–Crippen LogP) is 4.66. The fourth-order valence-corrected chi connectivity index (χ4v) is 4.27. The summed E-state index contributed by atoms with van der Waals surface area (Å²) >= 11 is 0. The summed E-state index contributed by atoms with van der Waals surface area (Å²) in [7, 11) is 0. The van der Waals surface area contributed by atoms with E-state index in [-0.39, 0.29) is 0 Å². The summed E-state index contributed by atoms with van der Waals surface area (Å²) in [5.74, 6) is 1.78. The molecule has 2 aliphatic rings. The summed E-state index contributed by atoms with van der Waals surface area (Å²) in [4.78, 5) is 2.77. The Balaban J connectivity index is 1.80. The number of hydrogen-bond donors (Lipinski definition) is 0. The van der Waals surface area contributed by atoms with Crippen LogP contribution in [-0.4, -0.2) is 18.0 Å². The lowest BCUT2D eigenvalue weighted by Gasteiger charge is -2.44. The van der Waals surface area contributed by atoms with E-state index in [1.54, 1.807) is 11.1 Å². The number of rotatable bonds is 2. The first kappa shape index (κ1) is 14.1. The van der Waals surface area contributed by atoms with Gasteiger partial charge in [-0.15, -0.1) is 0 Å². The Morgan fingerprint density at radius 2 is 1.90 bits per heavy atom. The van der Waals surface area contributed by atoms with Crippen LogP contribution in [0.25, 0.3) is 0 Å². The zero-order valence-electron chi connectivity index (χ0n) is 13.6. The van der Waals surface area contributed by atoms with Crippen molar-refractivity contribution in [2.45, 2.75) is 59.4 Å². The average Bonchev–Trinajstić information content (AvgIpc) is 2.39. The van der Waals surface area contributed by atoms with Crippen molar-refractivity contribution in [1.29, 1.82) is 0 Å². The molecule has 0 unspecified atom stereocenters. The molecule has 110 valence electrons. The smallest absolute Gasteiger partial charge is 0.0351 e. The molecular formula is C19H29N. The van der Waals surface area contributed by atoms with Crippen molar-refractivity contribution in [2.24, 2.45) is 11.8 Å². The first-order valence-electron chi connectivity index (χ1n) is 8.38. The SMILES string of the molecule is Cc1cc2c(cc1C)[C@H]1CC[C@H](CC(C)C)CN1CC2. The van der Waals surface area contributed by atoms with E-state index in [0.29, 0.717) is 6.04 Å². The predicted molar refractivity (Wildman–Crippen MR) is 86.1 cm³/mol. The maximum atomic E-state index is 2.77. The van der Waals surface area contributed by atoms with Crippen LogP contribution in [0.1, 0.15) is 61.4 Å². The van der Waals surface area contributed by atoms with Crippen LogP contribution in [-0.2, 0) is 6.42 Å². The fourth-order valence-electron chi connectivity index (χ4n) is 4.27. The summed E-state index contributed by atoms with van der Waals surface area (Å²) < 4.78 is 0. The topological polar surface area (TPSA) is 3.24 Å². The number of benzene rings is 1. The van der Waals surface area contributed by atoms with Gasteiger partial charge in [0.1, 0.15) is 0 Å². The lowest BCUT2D eigenvalue weighted by molar-refractivity contribution is 0.0896. The number of nitrogens with zero attached hydrogens (tertiary/aromatic N) is 1. The molecule has 1 nitrogen and oxygen atoms in total. The minimum absolute atomic E-state index is 0.710. The Labute approximate surface area is 124 Å². The molecule has 2 heterocycles. The van der Waals surface area contributed by atoms with Crippen molar-refractivity contribution in [3.05, 3.63) is 34.4 Å². The molecule has 0 aliphatic carbocycles. The molecule has 0 amide bonds. The van der Waals surface area contributed by atoms with Crippen LogP contribution in [0.4, 0.5) is 0 Å². The lowest BCUT2D eigenvalue weighted by atomic mass is 9.80. The average molecular weight is 271 g/mol. The van der Waals surface area contributed by atoms with Crippen molar-refractivity contribution >= 4 is 0 Å². The highest BCUT2D eigenvalue weighted by Gasteiger charge is 2.33. The molecule has 0 N–H and O–H groups in total. The summed E-state index contributed by atoms with van der Waals surface area (Å²) in [5.41, 5.74) is 6.19. The minimum Gasteiger partial charge on any atom is -0.296 e. The molecule has 3 rings (SSSR count). The molecule has 1 aromatic rings. The van der Waals surface area contributed by atoms with Crippen LogP contribution >= 0.6 is 0 Å². The van der Waals surface area contributed by atoms with Crippen molar-refractivity contribution in [3.8, 4) is 0 Å². The summed E-state index contributed by atoms with van der Waals surface area (Å²) in [6.07, 6.45) is 5.45. The fraction of sp³-hybridized carbons (Fsp3) is 0.684. The minimum atomic E-state index is 0.710. The number of aryl methyl sites for hydroxylation is 2. The third kappa shape index (κ3) is 2.65. The van der Waals surface area contributed by atoms with E-state index >= 15 is 0 Å². The quantitative estimate of drug-likeness (QED) is 0.756. The maximum absolute atomic E-state index is 2.77. The first-order chi connectivity index (χ1) is 9.54. The van der Waals surface area contributed by atoms with Crippen LogP contribution in [0.5, 0.6) is 0 Å². The molecule has 0 aromatic heterocycles. The molecule has 2 atom stereocenters. The Kier molecular flexibility index (Phi) is 3.90. The largest absolute Gasteiger partial charge is 0.296 e. The Bertz CT molecular complexity index is 489. The molecule has 1 heteroatoms. The van der Waals surface area contributed by atoms with Crippen LogP contribution in [0, 0.1) is 25.7 Å². The molecule has 1 saturated heterocycles. The molecule has 1 fully saturated rings. The van der Waals surface area contributed by atoms with Gasteiger partial charge in [-0.1, -0.05) is 26.0 Å². The summed E-state index contributed by atoms with van der Waals surface area (Å²) in [6.45, 7) is 11.8. The Morgan fingerprint density at radius 3 is 2.65 bits per heavy atom. The number of fused-ring (bicyclic) bond motifs is 3. The van der Waals surface area contributed by atoms with Gasteiger partial charge in [-0.25, -0.2) is 0 Å². The summed E-state index contributed by atoms with van der Waals surface area (Å²) in [6, 6.07) is 5.63. The first-order valence-corrected chi connectivity index (χ1v) is 8.38. The third-order valence-electron chi connectivity index (χ3n) is 5.37. The maximum Gasteiger partial charge on any atom is 0.0351 e. The Morgan fingerprint density at radius 1 is 1.15 bits per heavy atom. The van der Waals surface area contributed by atoms with Crippen molar-refractivity contribution < 1.29 is 0 Å². The highest BCUT2D eigenvalue weighted by Crippen LogP contribution is 2.40. The van der Waals surface area contributed by atoms with Gasteiger partial charge in [-0.05, 0) is 73.6 Å². The van der Waals surface area contributed by atoms with E-state index < -0.39 is 0 Å². The van der Waals surface area contributed by atoms with Gasteiger partial charge in [-0.3, -0.25) is 4.90 Å². The van der Waals surface area contributed by atoms with E-state index in [4.69, 9.17) is 0 Å². The zero-order valence-corrected chi connectivity index (χ0v) is 13.6. The molecular weight excluding hydrogens is 242 g/mol. The van der Waals surface area contributed by atoms with E-state index in [9.17, 15) is 0 Å². The van der Waals surface area contributed by atoms with Crippen molar-refractivity contribution in [1.82, 2.24) is 4.90 Å². The van der Waals surface area contributed by atoms with Gasteiger partial charge in [-0.2, -0.15) is 0 Å². The van der Waals surface area contributed by atoms with Crippen LogP contribution in [0.2, 0.25) is 0 Å². The van der Waals surface area contributed by atoms with Crippen molar-refractivity contribution in [3.63, 3.8) is 0 Å². The van der Waals surface area contributed by atoms with Gasteiger partial charge in [0.05, 0.1) is 0 Å². The van der Waals surface area contributed by atoms with Crippen LogP contribution in [0.15, 0.2) is 12.1 Å². The molecule has 1 aromatic carbocycles. The van der Waals surface area contributed by atoms with E-state index in [1.165, 1.54) is 49.9 Å². The molecule has 0 bridgehead atoms. The highest BCUT2D eigenvalue weighted by atomic mass is 15.2. The third-order valence-corrected chi connectivity index (χ3v) is 5.37. The highest BCUT2D eigenvalue weighted by molar-refractivity contribution is 5.40. The van der Waals surface area contributed by atoms with Crippen LogP contribution in [0.3, 0.4) is 0 Å². The van der Waals surface area contributed by atoms with E-state index in [2.05, 4.69) is 44.7 Å². The standard InChI is InChI=1S/C19H29N/c1-13(2)9-16-5-6-19-18-11-15(4)14(3)10-17(18)7-8-20(19)12-16/h10-11,13,16,19H,5-9,12H2,1-4H3/t16-,19-/m1/s1. The second-order valence-electron chi connectivity index (χ2n) is 7.47. The number of piperidine rings is 1. The van der Waals surface area contributed by atoms with Crippen molar-refractivity contribution in [2.75, 3.05) is 13.1 Å². The molecule has 0 spiro atoms. The van der Waals surface area contributed by atoms with Crippen LogP contribution < -0.4 is 0 Å². The molecule has 0 saturated carbocycles. The lowest BCUT2D eigenvalue weighted by Crippen LogP contribution is -2.42. The zero-order chi connectivity index (χ0) is 14.3. The van der Waals surface area contributed by atoms with Gasteiger partial charge in [0, 0.05) is 19.1 Å². The molecule has 0 radical (unpaired) electrons. The number of hydrogen-bond acceptors (Lipinski definition) is 1.